The van der Waals surface area contributed by atoms with Crippen molar-refractivity contribution in [2.24, 2.45) is 4.99 Å². The molecule has 3 aliphatic rings. The number of nitrogens with one attached hydrogen (secondary N) is 2. The molecule has 3 aliphatic heterocycles. The summed E-state index contributed by atoms with van der Waals surface area (Å²) in [4.78, 5) is 26.7. The van der Waals surface area contributed by atoms with Crippen LogP contribution in [-0.2, 0) is 10.5 Å². The van der Waals surface area contributed by atoms with Gasteiger partial charge in [0.1, 0.15) is 23.4 Å². The lowest BCUT2D eigenvalue weighted by Gasteiger charge is -2.23. The van der Waals surface area contributed by atoms with Crippen LogP contribution in [0.3, 0.4) is 0 Å². The number of amides is 1. The first-order valence-corrected chi connectivity index (χ1v) is 13.0. The maximum absolute atomic E-state index is 13.5. The number of thioether (sulfide) groups is 1. The summed E-state index contributed by atoms with van der Waals surface area (Å²) in [7, 11) is 0. The van der Waals surface area contributed by atoms with E-state index in [1.165, 1.54) is 23.9 Å². The van der Waals surface area contributed by atoms with Crippen molar-refractivity contribution in [3.05, 3.63) is 77.5 Å². The van der Waals surface area contributed by atoms with Gasteiger partial charge in [0, 0.05) is 35.6 Å². The van der Waals surface area contributed by atoms with E-state index in [0.29, 0.717) is 34.4 Å². The third kappa shape index (κ3) is 5.64. The van der Waals surface area contributed by atoms with E-state index in [1.54, 1.807) is 0 Å². The molecule has 190 valence electrons. The number of benzene rings is 2. The van der Waals surface area contributed by atoms with E-state index in [1.807, 2.05) is 61.2 Å². The Morgan fingerprint density at radius 1 is 1.16 bits per heavy atom. The van der Waals surface area contributed by atoms with Crippen molar-refractivity contribution in [1.82, 2.24) is 14.5 Å². The predicted octanol–water partition coefficient (Wildman–Crippen LogP) is 5.72. The Labute approximate surface area is 217 Å². The molecule has 0 bridgehead atoms. The molecule has 2 N–H and O–H groups in total. The highest BCUT2D eigenvalue weighted by Crippen LogP contribution is 2.30. The smallest absolute Gasteiger partial charge is 0.247 e. The molecule has 0 aromatic heterocycles. The minimum absolute atomic E-state index is 0.155. The van der Waals surface area contributed by atoms with Crippen LogP contribution in [0.5, 0.6) is 0 Å². The summed E-state index contributed by atoms with van der Waals surface area (Å²) in [5.41, 5.74) is 3.77. The molecule has 3 heterocycles. The molecule has 2 atom stereocenters. The SMILES string of the molecule is CCC(C(=O)Nc1cc(NC2C=NC2)ccc1C)n1cccc2nc(SCc3cc(F)cc(F)c3)nc1-2. The van der Waals surface area contributed by atoms with Gasteiger partial charge in [-0.2, -0.15) is 0 Å². The summed E-state index contributed by atoms with van der Waals surface area (Å²) in [6, 6.07) is 12.7. The fourth-order valence-electron chi connectivity index (χ4n) is 4.16. The van der Waals surface area contributed by atoms with E-state index >= 15 is 0 Å². The van der Waals surface area contributed by atoms with Gasteiger partial charge in [-0.05, 0) is 60.9 Å². The first kappa shape index (κ1) is 24.9. The van der Waals surface area contributed by atoms with Crippen LogP contribution in [0, 0.1) is 18.6 Å². The Morgan fingerprint density at radius 2 is 1.95 bits per heavy atom. The van der Waals surface area contributed by atoms with Crippen LogP contribution in [-0.4, -0.2) is 39.2 Å². The van der Waals surface area contributed by atoms with Gasteiger partial charge in [0.2, 0.25) is 5.91 Å². The lowest BCUT2D eigenvalue weighted by Crippen LogP contribution is -2.31. The summed E-state index contributed by atoms with van der Waals surface area (Å²) in [6.45, 7) is 4.64. The zero-order chi connectivity index (χ0) is 25.9. The van der Waals surface area contributed by atoms with Crippen LogP contribution in [0.2, 0.25) is 0 Å². The molecule has 2 aromatic carbocycles. The standard InChI is InChI=1S/C27H26F2N6OS/c1-3-24(26(36)32-23-12-20(7-6-16(23)2)31-21-13-30-14-21)35-8-4-5-22-25(35)34-27(33-22)37-15-17-9-18(28)11-19(29)10-17/h4-13,21,24,31H,3,14-15H2,1-2H3,(H,32,36). The number of rotatable bonds is 9. The topological polar surface area (TPSA) is 84.2 Å². The molecule has 7 nitrogen and oxygen atoms in total. The Hall–Kier alpha value is -3.79. The Balaban J connectivity index is 1.34. The number of imidazole rings is 1. The Morgan fingerprint density at radius 3 is 2.65 bits per heavy atom. The summed E-state index contributed by atoms with van der Waals surface area (Å²) in [5, 5.41) is 6.94. The van der Waals surface area contributed by atoms with Crippen molar-refractivity contribution in [2.75, 3.05) is 17.2 Å². The second-order valence-corrected chi connectivity index (χ2v) is 9.85. The van der Waals surface area contributed by atoms with Crippen LogP contribution in [0.15, 0.2) is 64.9 Å². The highest BCUT2D eigenvalue weighted by atomic mass is 32.2. The van der Waals surface area contributed by atoms with E-state index in [-0.39, 0.29) is 11.9 Å². The highest BCUT2D eigenvalue weighted by Gasteiger charge is 2.25. The van der Waals surface area contributed by atoms with Gasteiger partial charge in [0.05, 0.1) is 12.6 Å². The fourth-order valence-corrected chi connectivity index (χ4v) is 4.94. The van der Waals surface area contributed by atoms with Gasteiger partial charge in [0.15, 0.2) is 11.0 Å². The third-order valence-electron chi connectivity index (χ3n) is 6.14. The zero-order valence-electron chi connectivity index (χ0n) is 20.4. The maximum atomic E-state index is 13.5. The lowest BCUT2D eigenvalue weighted by atomic mass is 10.1. The van der Waals surface area contributed by atoms with Crippen LogP contribution < -0.4 is 10.6 Å². The molecule has 2 aromatic rings. The highest BCUT2D eigenvalue weighted by molar-refractivity contribution is 7.98. The largest absolute Gasteiger partial charge is 0.375 e. The molecule has 37 heavy (non-hydrogen) atoms. The number of hydrogen-bond acceptors (Lipinski definition) is 6. The van der Waals surface area contributed by atoms with Crippen molar-refractivity contribution < 1.29 is 13.6 Å². The monoisotopic (exact) mass is 520 g/mol. The van der Waals surface area contributed by atoms with E-state index in [4.69, 9.17) is 0 Å². The van der Waals surface area contributed by atoms with Gasteiger partial charge in [-0.15, -0.1) is 0 Å². The number of nitrogens with zero attached hydrogens (tertiary/aromatic N) is 4. The molecule has 0 fully saturated rings. The van der Waals surface area contributed by atoms with Gasteiger partial charge in [0.25, 0.3) is 0 Å². The van der Waals surface area contributed by atoms with Gasteiger partial charge >= 0.3 is 0 Å². The average molecular weight is 521 g/mol. The second-order valence-electron chi connectivity index (χ2n) is 8.90. The molecule has 0 aliphatic carbocycles. The normalized spacial score (nSPS) is 15.4. The summed E-state index contributed by atoms with van der Waals surface area (Å²) in [6.07, 6.45) is 4.23. The molecule has 0 spiro atoms. The van der Waals surface area contributed by atoms with E-state index in [0.717, 1.165) is 29.5 Å². The molecule has 0 saturated heterocycles. The Bertz CT molecular complexity index is 1420. The first-order valence-electron chi connectivity index (χ1n) is 12.0. The summed E-state index contributed by atoms with van der Waals surface area (Å²) in [5.74, 6) is -0.495. The summed E-state index contributed by atoms with van der Waals surface area (Å²) >= 11 is 1.28. The summed E-state index contributed by atoms with van der Waals surface area (Å²) < 4.78 is 28.9. The molecule has 10 heteroatoms. The number of carbonyl (C=O) groups excluding carboxylic acids is 1. The number of halogens is 2. The van der Waals surface area contributed by atoms with E-state index in [9.17, 15) is 13.6 Å². The molecule has 2 unspecified atom stereocenters. The van der Waals surface area contributed by atoms with E-state index in [2.05, 4.69) is 25.6 Å². The van der Waals surface area contributed by atoms with Gasteiger partial charge in [-0.25, -0.2) is 18.7 Å². The number of fused-ring (bicyclic) bond motifs is 1. The van der Waals surface area contributed by atoms with Crippen LogP contribution in [0.25, 0.3) is 11.5 Å². The second kappa shape index (κ2) is 10.7. The first-order chi connectivity index (χ1) is 17.9. The van der Waals surface area contributed by atoms with Crippen molar-refractivity contribution in [1.29, 1.82) is 0 Å². The van der Waals surface area contributed by atoms with Crippen molar-refractivity contribution >= 4 is 35.3 Å². The van der Waals surface area contributed by atoms with E-state index < -0.39 is 17.7 Å². The number of aryl methyl sites for hydroxylation is 1. The molecule has 0 radical (unpaired) electrons. The number of aliphatic imine (C=N–C) groups is 1. The van der Waals surface area contributed by atoms with Crippen LogP contribution in [0.1, 0.15) is 30.5 Å². The van der Waals surface area contributed by atoms with Crippen molar-refractivity contribution in [2.45, 2.75) is 43.3 Å². The van der Waals surface area contributed by atoms with Crippen LogP contribution in [0.4, 0.5) is 20.2 Å². The number of pyridine rings is 1. The fraction of sp³-hybridized carbons (Fsp3) is 0.259. The van der Waals surface area contributed by atoms with Gasteiger partial charge in [-0.1, -0.05) is 24.8 Å². The molecule has 1 amide bonds. The predicted molar refractivity (Wildman–Crippen MR) is 142 cm³/mol. The van der Waals surface area contributed by atoms with Gasteiger partial charge in [-0.3, -0.25) is 9.79 Å². The minimum Gasteiger partial charge on any atom is -0.375 e. The third-order valence-corrected chi connectivity index (χ3v) is 7.06. The number of carbonyl (C=O) groups is 1. The Kier molecular flexibility index (Phi) is 7.18. The minimum atomic E-state index is -0.618. The molecule has 5 rings (SSSR count). The molecular formula is C27H26F2N6OS. The van der Waals surface area contributed by atoms with Gasteiger partial charge < -0.3 is 15.2 Å². The number of anilines is 2. The van der Waals surface area contributed by atoms with Crippen LogP contribution >= 0.6 is 11.8 Å². The average Bonchev–Trinajstić information content (AvgIpc) is 3.26. The number of aromatic nitrogens is 3. The lowest BCUT2D eigenvalue weighted by molar-refractivity contribution is -0.119. The molecular weight excluding hydrogens is 494 g/mol. The quantitative estimate of drug-likeness (QED) is 0.276. The van der Waals surface area contributed by atoms with Crippen molar-refractivity contribution in [3.63, 3.8) is 0 Å². The maximum Gasteiger partial charge on any atom is 0.247 e. The molecule has 0 saturated carbocycles. The number of hydrogen-bond donors (Lipinski definition) is 2. The zero-order valence-corrected chi connectivity index (χ0v) is 21.2. The van der Waals surface area contributed by atoms with Crippen molar-refractivity contribution in [3.8, 4) is 11.5 Å².